The van der Waals surface area contributed by atoms with E-state index >= 15 is 0 Å². The van der Waals surface area contributed by atoms with Crippen molar-refractivity contribution in [3.63, 3.8) is 0 Å². The molecule has 1 atom stereocenters. The number of carbonyl (C=O) groups excluding carboxylic acids is 2. The number of halogens is 1. The second-order valence-electron chi connectivity index (χ2n) is 8.12. The molecule has 7 heteroatoms. The van der Waals surface area contributed by atoms with Gasteiger partial charge in [0, 0.05) is 43.4 Å². The zero-order chi connectivity index (χ0) is 19.6. The van der Waals surface area contributed by atoms with Crippen LogP contribution in [-0.2, 0) is 9.53 Å². The lowest BCUT2D eigenvalue weighted by Crippen LogP contribution is -2.54. The van der Waals surface area contributed by atoms with Gasteiger partial charge in [0.2, 0.25) is 5.91 Å². The fourth-order valence-electron chi connectivity index (χ4n) is 3.63. The summed E-state index contributed by atoms with van der Waals surface area (Å²) in [5.41, 5.74) is 0.515. The smallest absolute Gasteiger partial charge is 0.410 e. The third-order valence-corrected chi connectivity index (χ3v) is 5.17. The molecule has 1 unspecified atom stereocenters. The van der Waals surface area contributed by atoms with Crippen LogP contribution in [0.1, 0.15) is 33.6 Å². The minimum absolute atomic E-state index is 0.0316. The Kier molecular flexibility index (Phi) is 5.84. The Balaban J connectivity index is 1.59. The molecule has 2 fully saturated rings. The highest BCUT2D eigenvalue weighted by molar-refractivity contribution is 6.30. The van der Waals surface area contributed by atoms with Gasteiger partial charge in [0.25, 0.3) is 0 Å². The SMILES string of the molecule is CC(C)(C)OC(=O)N1CCCC1C(=O)N1CCN(c2cccc(Cl)c2)CC1. The van der Waals surface area contributed by atoms with Crippen molar-refractivity contribution in [1.29, 1.82) is 0 Å². The van der Waals surface area contributed by atoms with Crippen molar-refractivity contribution >= 4 is 29.3 Å². The molecule has 0 aromatic heterocycles. The topological polar surface area (TPSA) is 53.1 Å². The first-order valence-electron chi connectivity index (χ1n) is 9.53. The first-order chi connectivity index (χ1) is 12.7. The summed E-state index contributed by atoms with van der Waals surface area (Å²) >= 11 is 6.08. The van der Waals surface area contributed by atoms with E-state index < -0.39 is 17.7 Å². The van der Waals surface area contributed by atoms with Crippen molar-refractivity contribution in [2.24, 2.45) is 0 Å². The highest BCUT2D eigenvalue weighted by Crippen LogP contribution is 2.24. The van der Waals surface area contributed by atoms with Crippen molar-refractivity contribution in [3.8, 4) is 0 Å². The van der Waals surface area contributed by atoms with Gasteiger partial charge in [0.1, 0.15) is 11.6 Å². The lowest BCUT2D eigenvalue weighted by molar-refractivity contribution is -0.136. The molecular weight excluding hydrogens is 366 g/mol. The maximum atomic E-state index is 13.0. The van der Waals surface area contributed by atoms with Crippen molar-refractivity contribution in [1.82, 2.24) is 9.80 Å². The molecule has 2 aliphatic rings. The van der Waals surface area contributed by atoms with Crippen molar-refractivity contribution in [2.45, 2.75) is 45.3 Å². The Hall–Kier alpha value is -1.95. The number of piperazine rings is 1. The van der Waals surface area contributed by atoms with E-state index in [1.54, 1.807) is 4.90 Å². The van der Waals surface area contributed by atoms with E-state index in [4.69, 9.17) is 16.3 Å². The largest absolute Gasteiger partial charge is 0.444 e. The second kappa shape index (κ2) is 7.97. The number of hydrogen-bond acceptors (Lipinski definition) is 4. The summed E-state index contributed by atoms with van der Waals surface area (Å²) in [7, 11) is 0. The number of likely N-dealkylation sites (tertiary alicyclic amines) is 1. The first kappa shape index (κ1) is 19.8. The van der Waals surface area contributed by atoms with Crippen molar-refractivity contribution < 1.29 is 14.3 Å². The molecule has 2 aliphatic heterocycles. The van der Waals surface area contributed by atoms with Crippen LogP contribution in [0.4, 0.5) is 10.5 Å². The summed E-state index contributed by atoms with van der Waals surface area (Å²) in [5, 5.41) is 0.713. The third kappa shape index (κ3) is 4.86. The van der Waals surface area contributed by atoms with Crippen LogP contribution in [-0.4, -0.2) is 66.2 Å². The zero-order valence-electron chi connectivity index (χ0n) is 16.3. The zero-order valence-corrected chi connectivity index (χ0v) is 17.0. The Morgan fingerprint density at radius 3 is 2.44 bits per heavy atom. The molecule has 0 radical (unpaired) electrons. The van der Waals surface area contributed by atoms with E-state index in [2.05, 4.69) is 4.90 Å². The third-order valence-electron chi connectivity index (χ3n) is 4.93. The normalized spacial score (nSPS) is 20.7. The maximum Gasteiger partial charge on any atom is 0.410 e. The predicted octanol–water partition coefficient (Wildman–Crippen LogP) is 3.39. The average molecular weight is 394 g/mol. The summed E-state index contributed by atoms with van der Waals surface area (Å²) in [4.78, 5) is 31.2. The van der Waals surface area contributed by atoms with Gasteiger partial charge in [-0.15, -0.1) is 0 Å². The van der Waals surface area contributed by atoms with Crippen LogP contribution >= 0.6 is 11.6 Å². The van der Waals surface area contributed by atoms with E-state index in [1.165, 1.54) is 0 Å². The van der Waals surface area contributed by atoms with E-state index in [-0.39, 0.29) is 5.91 Å². The number of amides is 2. The summed E-state index contributed by atoms with van der Waals surface area (Å²) in [6.45, 7) is 8.89. The molecular formula is C20H28ClN3O3. The molecule has 3 rings (SSSR count). The van der Waals surface area contributed by atoms with E-state index in [0.29, 0.717) is 31.1 Å². The summed E-state index contributed by atoms with van der Waals surface area (Å²) in [6, 6.07) is 7.37. The van der Waals surface area contributed by atoms with Crippen LogP contribution in [0, 0.1) is 0 Å². The molecule has 0 saturated carbocycles. The van der Waals surface area contributed by atoms with Crippen LogP contribution in [0.25, 0.3) is 0 Å². The number of nitrogens with zero attached hydrogens (tertiary/aromatic N) is 3. The molecule has 0 N–H and O–H groups in total. The standard InChI is InChI=1S/C20H28ClN3O3/c1-20(2,3)27-19(26)24-9-5-8-17(24)18(25)23-12-10-22(11-13-23)16-7-4-6-15(21)14-16/h4,6-7,14,17H,5,8-13H2,1-3H3. The van der Waals surface area contributed by atoms with Gasteiger partial charge in [-0.1, -0.05) is 17.7 Å². The van der Waals surface area contributed by atoms with Crippen LogP contribution in [0.2, 0.25) is 5.02 Å². The molecule has 2 saturated heterocycles. The fraction of sp³-hybridized carbons (Fsp3) is 0.600. The molecule has 0 aliphatic carbocycles. The number of rotatable bonds is 2. The molecule has 1 aromatic rings. The van der Waals surface area contributed by atoms with Crippen LogP contribution in [0.3, 0.4) is 0 Å². The van der Waals surface area contributed by atoms with Gasteiger partial charge < -0.3 is 14.5 Å². The van der Waals surface area contributed by atoms with E-state index in [0.717, 1.165) is 25.2 Å². The van der Waals surface area contributed by atoms with Gasteiger partial charge >= 0.3 is 6.09 Å². The number of ether oxygens (including phenoxy) is 1. The molecule has 1 aromatic carbocycles. The lowest BCUT2D eigenvalue weighted by atomic mass is 10.1. The predicted molar refractivity (Wildman–Crippen MR) is 106 cm³/mol. The fourth-order valence-corrected chi connectivity index (χ4v) is 3.82. The second-order valence-corrected chi connectivity index (χ2v) is 8.56. The van der Waals surface area contributed by atoms with Gasteiger partial charge in [0.05, 0.1) is 0 Å². The minimum Gasteiger partial charge on any atom is -0.444 e. The monoisotopic (exact) mass is 393 g/mol. The van der Waals surface area contributed by atoms with Crippen molar-refractivity contribution in [2.75, 3.05) is 37.6 Å². The van der Waals surface area contributed by atoms with Crippen LogP contribution < -0.4 is 4.90 Å². The number of benzene rings is 1. The van der Waals surface area contributed by atoms with Gasteiger partial charge in [-0.25, -0.2) is 4.79 Å². The Labute approximate surface area is 166 Å². The number of carbonyl (C=O) groups is 2. The molecule has 6 nitrogen and oxygen atoms in total. The van der Waals surface area contributed by atoms with Crippen molar-refractivity contribution in [3.05, 3.63) is 29.3 Å². The summed E-state index contributed by atoms with van der Waals surface area (Å²) < 4.78 is 5.47. The van der Waals surface area contributed by atoms with Gasteiger partial charge in [-0.3, -0.25) is 9.69 Å². The Morgan fingerprint density at radius 1 is 1.11 bits per heavy atom. The van der Waals surface area contributed by atoms with Gasteiger partial charge in [-0.2, -0.15) is 0 Å². The number of hydrogen-bond donors (Lipinski definition) is 0. The molecule has 27 heavy (non-hydrogen) atoms. The average Bonchev–Trinajstić information content (AvgIpc) is 3.10. The highest BCUT2D eigenvalue weighted by Gasteiger charge is 2.39. The molecule has 148 valence electrons. The molecule has 2 heterocycles. The first-order valence-corrected chi connectivity index (χ1v) is 9.91. The summed E-state index contributed by atoms with van der Waals surface area (Å²) in [6.07, 6.45) is 1.14. The summed E-state index contributed by atoms with van der Waals surface area (Å²) in [5.74, 6) is 0.0316. The van der Waals surface area contributed by atoms with Gasteiger partial charge in [0.15, 0.2) is 0 Å². The van der Waals surface area contributed by atoms with Crippen LogP contribution in [0.5, 0.6) is 0 Å². The lowest BCUT2D eigenvalue weighted by Gasteiger charge is -2.38. The van der Waals surface area contributed by atoms with Gasteiger partial charge in [-0.05, 0) is 51.8 Å². The van der Waals surface area contributed by atoms with E-state index in [9.17, 15) is 9.59 Å². The highest BCUT2D eigenvalue weighted by atomic mass is 35.5. The Morgan fingerprint density at radius 2 is 1.81 bits per heavy atom. The molecule has 0 spiro atoms. The quantitative estimate of drug-likeness (QED) is 0.772. The Bertz CT molecular complexity index is 696. The maximum absolute atomic E-state index is 13.0. The minimum atomic E-state index is -0.560. The van der Waals surface area contributed by atoms with E-state index in [1.807, 2.05) is 49.9 Å². The molecule has 2 amide bonds. The van der Waals surface area contributed by atoms with Crippen LogP contribution in [0.15, 0.2) is 24.3 Å². The molecule has 0 bridgehead atoms. The number of anilines is 1.